The highest BCUT2D eigenvalue weighted by atomic mass is 16.5. The standard InChI is InChI=1S/C74H51NO/c1-2-3-21-49-38-44-64-70(46-49)76-72-57-30-14-13-22-50(57)42-45-66(72)74(64)62-33-17-15-31-58(62)59-43-41-53(48-67(59)74)52-40-39-51-23-19-36-68(61(51)47-52)75(56-28-11-6-12-29-56)69-37-20-35-65-71(69)60-32-16-18-34-63(60)73(65,54-24-7-4-8-25-54)55-26-9-5-10-27-55/h2-9,11-26,28-48H,1,10,27H2/b21-3-. The summed E-state index contributed by atoms with van der Waals surface area (Å²) in [4.78, 5) is 2.52. The molecule has 0 radical (unpaired) electrons. The van der Waals surface area contributed by atoms with Gasteiger partial charge in [0.05, 0.1) is 22.2 Å². The number of benzene rings is 11. The van der Waals surface area contributed by atoms with Crippen LogP contribution in [0.5, 0.6) is 11.5 Å². The smallest absolute Gasteiger partial charge is 0.140 e. The van der Waals surface area contributed by atoms with E-state index in [0.29, 0.717) is 0 Å². The van der Waals surface area contributed by atoms with Gasteiger partial charge in [0.1, 0.15) is 11.5 Å². The lowest BCUT2D eigenvalue weighted by atomic mass is 9.65. The molecule has 0 saturated carbocycles. The molecule has 0 fully saturated rings. The molecule has 0 saturated heterocycles. The predicted octanol–water partition coefficient (Wildman–Crippen LogP) is 19.4. The second-order valence-electron chi connectivity index (χ2n) is 20.6. The molecule has 4 aliphatic rings. The van der Waals surface area contributed by atoms with Crippen LogP contribution >= 0.6 is 0 Å². The highest BCUT2D eigenvalue weighted by Gasteiger charge is 2.52. The van der Waals surface area contributed by atoms with Crippen LogP contribution in [0.25, 0.3) is 61.0 Å². The third-order valence-electron chi connectivity index (χ3n) is 16.8. The van der Waals surface area contributed by atoms with Crippen LogP contribution < -0.4 is 9.64 Å². The van der Waals surface area contributed by atoms with Gasteiger partial charge in [-0.1, -0.05) is 243 Å². The molecule has 76 heavy (non-hydrogen) atoms. The van der Waals surface area contributed by atoms with Crippen LogP contribution in [0.1, 0.15) is 57.3 Å². The summed E-state index contributed by atoms with van der Waals surface area (Å²) >= 11 is 0. The van der Waals surface area contributed by atoms with Gasteiger partial charge < -0.3 is 9.64 Å². The molecule has 2 atom stereocenters. The van der Waals surface area contributed by atoms with Gasteiger partial charge in [0.2, 0.25) is 0 Å². The third-order valence-corrected chi connectivity index (χ3v) is 16.8. The van der Waals surface area contributed by atoms with E-state index in [4.69, 9.17) is 4.74 Å². The Morgan fingerprint density at radius 1 is 0.474 bits per heavy atom. The molecule has 1 aliphatic heterocycles. The van der Waals surface area contributed by atoms with E-state index in [2.05, 4.69) is 272 Å². The molecule has 1 spiro atoms. The third kappa shape index (κ3) is 6.28. The van der Waals surface area contributed by atoms with Gasteiger partial charge in [-0.25, -0.2) is 0 Å². The maximum atomic E-state index is 7.14. The lowest BCUT2D eigenvalue weighted by Crippen LogP contribution is -2.32. The zero-order valence-electron chi connectivity index (χ0n) is 42.0. The average Bonchev–Trinajstić information content (AvgIpc) is 4.05. The highest BCUT2D eigenvalue weighted by Crippen LogP contribution is 2.64. The molecule has 2 nitrogen and oxygen atoms in total. The number of nitrogens with zero attached hydrogens (tertiary/aromatic N) is 1. The molecule has 358 valence electrons. The molecule has 11 aromatic carbocycles. The first-order valence-corrected chi connectivity index (χ1v) is 26.6. The summed E-state index contributed by atoms with van der Waals surface area (Å²) in [6, 6.07) is 88.3. The van der Waals surface area contributed by atoms with Gasteiger partial charge in [0.25, 0.3) is 0 Å². The van der Waals surface area contributed by atoms with Crippen LogP contribution in [0.3, 0.4) is 0 Å². The summed E-state index contributed by atoms with van der Waals surface area (Å²) < 4.78 is 7.14. The van der Waals surface area contributed by atoms with Crippen molar-refractivity contribution in [3.05, 3.63) is 324 Å². The second-order valence-corrected chi connectivity index (χ2v) is 20.6. The van der Waals surface area contributed by atoms with Crippen molar-refractivity contribution in [3.8, 4) is 44.9 Å². The molecule has 0 amide bonds. The first-order valence-electron chi connectivity index (χ1n) is 26.6. The molecular weight excluding hydrogens is 919 g/mol. The maximum Gasteiger partial charge on any atom is 0.140 e. The van der Waals surface area contributed by atoms with Crippen molar-refractivity contribution < 1.29 is 4.74 Å². The maximum absolute atomic E-state index is 7.14. The number of hydrogen-bond acceptors (Lipinski definition) is 2. The van der Waals surface area contributed by atoms with E-state index >= 15 is 0 Å². The number of anilines is 3. The molecule has 2 unspecified atom stereocenters. The van der Waals surface area contributed by atoms with E-state index in [0.717, 1.165) is 80.0 Å². The monoisotopic (exact) mass is 969 g/mol. The van der Waals surface area contributed by atoms with Crippen LogP contribution in [0.15, 0.2) is 279 Å². The molecule has 0 bridgehead atoms. The van der Waals surface area contributed by atoms with Crippen molar-refractivity contribution in [2.45, 2.75) is 23.7 Å². The number of fused-ring (bicyclic) bond motifs is 15. The lowest BCUT2D eigenvalue weighted by Gasteiger charge is -2.40. The normalized spacial score (nSPS) is 17.3. The first kappa shape index (κ1) is 44.0. The molecular formula is C74H51NO. The number of allylic oxidation sites excluding steroid dienone is 6. The van der Waals surface area contributed by atoms with Gasteiger partial charge in [0, 0.05) is 33.2 Å². The summed E-state index contributed by atoms with van der Waals surface area (Å²) in [6.07, 6.45) is 14.9. The number of rotatable bonds is 8. The van der Waals surface area contributed by atoms with Crippen molar-refractivity contribution in [1.82, 2.24) is 0 Å². The molecule has 11 aromatic rings. The zero-order chi connectivity index (χ0) is 50.4. The second kappa shape index (κ2) is 17.3. The fourth-order valence-electron chi connectivity index (χ4n) is 13.7. The summed E-state index contributed by atoms with van der Waals surface area (Å²) in [6.45, 7) is 3.95. The number of para-hydroxylation sites is 1. The number of ether oxygens (including phenoxy) is 1. The fraction of sp³-hybridized carbons (Fsp3) is 0.0541. The van der Waals surface area contributed by atoms with Crippen LogP contribution in [0.2, 0.25) is 0 Å². The average molecular weight is 970 g/mol. The molecule has 1 heterocycles. The topological polar surface area (TPSA) is 12.5 Å². The molecule has 0 N–H and O–H groups in total. The Labute approximate surface area is 444 Å². The largest absolute Gasteiger partial charge is 0.456 e. The molecule has 15 rings (SSSR count). The van der Waals surface area contributed by atoms with Crippen molar-refractivity contribution in [1.29, 1.82) is 0 Å². The fourth-order valence-corrected chi connectivity index (χ4v) is 13.7. The van der Waals surface area contributed by atoms with Crippen LogP contribution in [-0.4, -0.2) is 0 Å². The summed E-state index contributed by atoms with van der Waals surface area (Å²) in [7, 11) is 0. The van der Waals surface area contributed by atoms with E-state index in [-0.39, 0.29) is 0 Å². The zero-order valence-corrected chi connectivity index (χ0v) is 42.0. The summed E-state index contributed by atoms with van der Waals surface area (Å²) in [5, 5.41) is 4.61. The van der Waals surface area contributed by atoms with Gasteiger partial charge in [0.15, 0.2) is 0 Å². The van der Waals surface area contributed by atoms with E-state index in [1.807, 2.05) is 12.2 Å². The van der Waals surface area contributed by atoms with E-state index < -0.39 is 10.8 Å². The van der Waals surface area contributed by atoms with E-state index in [1.54, 1.807) is 0 Å². The Morgan fingerprint density at radius 2 is 1.13 bits per heavy atom. The predicted molar refractivity (Wildman–Crippen MR) is 316 cm³/mol. The first-order chi connectivity index (χ1) is 37.7. The van der Waals surface area contributed by atoms with E-state index in [1.165, 1.54) is 66.4 Å². The lowest BCUT2D eigenvalue weighted by molar-refractivity contribution is 0.441. The Balaban J connectivity index is 0.950. The highest BCUT2D eigenvalue weighted by molar-refractivity contribution is 6.05. The molecule has 3 aliphatic carbocycles. The quantitative estimate of drug-likeness (QED) is 0.141. The minimum Gasteiger partial charge on any atom is -0.456 e. The minimum absolute atomic E-state index is 0.448. The Kier molecular flexibility index (Phi) is 10.0. The van der Waals surface area contributed by atoms with Crippen LogP contribution in [0, 0.1) is 0 Å². The van der Waals surface area contributed by atoms with Crippen molar-refractivity contribution in [3.63, 3.8) is 0 Å². The SMILES string of the molecule is C=C/C=C\c1ccc2c(c1)Oc1c(ccc3ccccc13)C21c2ccccc2-c2ccc(-c3ccc4cccc(N(c5ccccc5)c5cccc6c5-c5ccccc5C6(C5=CC=CCC5)c5ccccc5)c4c3)cc21. The van der Waals surface area contributed by atoms with Gasteiger partial charge in [-0.15, -0.1) is 0 Å². The van der Waals surface area contributed by atoms with Gasteiger partial charge in [-0.3, -0.25) is 0 Å². The Morgan fingerprint density at radius 3 is 1.97 bits per heavy atom. The Hall–Kier alpha value is -9.50. The van der Waals surface area contributed by atoms with Gasteiger partial charge >= 0.3 is 0 Å². The van der Waals surface area contributed by atoms with Crippen molar-refractivity contribution in [2.24, 2.45) is 0 Å². The molecule has 0 aromatic heterocycles. The van der Waals surface area contributed by atoms with Crippen molar-refractivity contribution >= 4 is 44.7 Å². The van der Waals surface area contributed by atoms with E-state index in [9.17, 15) is 0 Å². The van der Waals surface area contributed by atoms with Gasteiger partial charge in [-0.05, 0) is 127 Å². The Bertz CT molecular complexity index is 4290. The van der Waals surface area contributed by atoms with Crippen molar-refractivity contribution in [2.75, 3.05) is 4.90 Å². The summed E-state index contributed by atoms with van der Waals surface area (Å²) in [5.74, 6) is 1.77. The van der Waals surface area contributed by atoms with Crippen LogP contribution in [0.4, 0.5) is 17.1 Å². The van der Waals surface area contributed by atoms with Gasteiger partial charge in [-0.2, -0.15) is 0 Å². The molecule has 2 heteroatoms. The van der Waals surface area contributed by atoms with Crippen LogP contribution in [-0.2, 0) is 10.8 Å². The minimum atomic E-state index is -0.648. The summed E-state index contributed by atoms with van der Waals surface area (Å²) in [5.41, 5.74) is 20.9. The number of hydrogen-bond donors (Lipinski definition) is 0.